The van der Waals surface area contributed by atoms with Crippen molar-refractivity contribution < 1.29 is 4.79 Å². The van der Waals surface area contributed by atoms with Gasteiger partial charge in [-0.15, -0.1) is 0 Å². The molecule has 0 fully saturated rings. The van der Waals surface area contributed by atoms with Crippen LogP contribution < -0.4 is 11.1 Å². The minimum Gasteiger partial charge on any atom is -0.365 e. The topological polar surface area (TPSA) is 80.9 Å². The number of hydrogen-bond acceptors (Lipinski definition) is 4. The molecule has 3 N–H and O–H groups in total. The van der Waals surface area contributed by atoms with Crippen molar-refractivity contribution in [2.24, 2.45) is 5.73 Å². The average Bonchev–Trinajstić information content (AvgIpc) is 2.37. The molecule has 0 atom stereocenters. The number of aryl methyl sites for hydroxylation is 1. The van der Waals surface area contributed by atoms with Gasteiger partial charge in [-0.3, -0.25) is 4.79 Å². The summed E-state index contributed by atoms with van der Waals surface area (Å²) < 4.78 is 0. The first-order chi connectivity index (χ1) is 9.08. The molecule has 19 heavy (non-hydrogen) atoms. The summed E-state index contributed by atoms with van der Waals surface area (Å²) >= 11 is 5.72. The Morgan fingerprint density at radius 3 is 2.84 bits per heavy atom. The maximum absolute atomic E-state index is 11.3. The molecule has 1 heterocycles. The van der Waals surface area contributed by atoms with E-state index >= 15 is 0 Å². The van der Waals surface area contributed by atoms with Crippen molar-refractivity contribution in [2.75, 3.05) is 5.32 Å². The highest BCUT2D eigenvalue weighted by Crippen LogP contribution is 2.16. The molecule has 1 amide bonds. The highest BCUT2D eigenvalue weighted by Gasteiger charge is 2.11. The lowest BCUT2D eigenvalue weighted by molar-refractivity contribution is 0.100. The predicted octanol–water partition coefficient (Wildman–Crippen LogP) is 2.15. The zero-order valence-electron chi connectivity index (χ0n) is 10.4. The number of anilines is 1. The number of primary amides is 1. The summed E-state index contributed by atoms with van der Waals surface area (Å²) in [6, 6.07) is 7.93. The summed E-state index contributed by atoms with van der Waals surface area (Å²) in [5.74, 6) is -0.250. The van der Waals surface area contributed by atoms with Crippen molar-refractivity contribution in [1.82, 2.24) is 9.97 Å². The smallest absolute Gasteiger partial charge is 0.254 e. The third-order valence-electron chi connectivity index (χ3n) is 2.73. The Morgan fingerprint density at radius 2 is 2.16 bits per heavy atom. The summed E-state index contributed by atoms with van der Waals surface area (Å²) in [7, 11) is 0. The number of aromatic nitrogens is 2. The van der Waals surface area contributed by atoms with Crippen LogP contribution in [0.3, 0.4) is 0 Å². The normalized spacial score (nSPS) is 10.2. The van der Waals surface area contributed by atoms with Gasteiger partial charge in [0.15, 0.2) is 0 Å². The maximum atomic E-state index is 11.3. The van der Waals surface area contributed by atoms with Crippen molar-refractivity contribution in [3.63, 3.8) is 0 Å². The number of nitrogens with two attached hydrogens (primary N) is 1. The van der Waals surface area contributed by atoms with Crippen LogP contribution in [0, 0.1) is 6.92 Å². The van der Waals surface area contributed by atoms with E-state index in [1.165, 1.54) is 6.20 Å². The van der Waals surface area contributed by atoms with Crippen LogP contribution in [0.5, 0.6) is 0 Å². The number of halogens is 1. The van der Waals surface area contributed by atoms with E-state index in [0.29, 0.717) is 12.4 Å². The molecule has 2 rings (SSSR count). The number of amides is 1. The molecule has 0 aliphatic rings. The second-order valence-electron chi connectivity index (χ2n) is 4.05. The zero-order valence-corrected chi connectivity index (χ0v) is 11.1. The third-order valence-corrected chi connectivity index (χ3v) is 2.91. The molecule has 0 bridgehead atoms. The van der Waals surface area contributed by atoms with E-state index in [4.69, 9.17) is 17.3 Å². The molecule has 6 heteroatoms. The molecule has 2 aromatic rings. The number of nitrogens with zero attached hydrogens (tertiary/aromatic N) is 2. The molecule has 0 aliphatic carbocycles. The van der Waals surface area contributed by atoms with Gasteiger partial charge < -0.3 is 11.1 Å². The van der Waals surface area contributed by atoms with Crippen molar-refractivity contribution in [3.8, 4) is 0 Å². The van der Waals surface area contributed by atoms with Gasteiger partial charge >= 0.3 is 0 Å². The SMILES string of the molecule is Cc1ccccc1CNc1nc(Cl)ncc1C(N)=O. The highest BCUT2D eigenvalue weighted by molar-refractivity contribution is 6.28. The van der Waals surface area contributed by atoms with E-state index in [1.807, 2.05) is 31.2 Å². The van der Waals surface area contributed by atoms with Gasteiger partial charge in [-0.25, -0.2) is 4.98 Å². The van der Waals surface area contributed by atoms with Gasteiger partial charge in [0.25, 0.3) is 5.91 Å². The van der Waals surface area contributed by atoms with Crippen molar-refractivity contribution in [1.29, 1.82) is 0 Å². The van der Waals surface area contributed by atoms with E-state index in [9.17, 15) is 4.79 Å². The standard InChI is InChI=1S/C13H13ClN4O/c1-8-4-2-3-5-9(8)6-16-12-10(11(15)19)7-17-13(14)18-12/h2-5,7H,6H2,1H3,(H2,15,19)(H,16,17,18). The van der Waals surface area contributed by atoms with Crippen molar-refractivity contribution >= 4 is 23.3 Å². The summed E-state index contributed by atoms with van der Waals surface area (Å²) in [6.07, 6.45) is 1.32. The Bertz CT molecular complexity index is 615. The quantitative estimate of drug-likeness (QED) is 0.839. The fraction of sp³-hybridized carbons (Fsp3) is 0.154. The summed E-state index contributed by atoms with van der Waals surface area (Å²) in [4.78, 5) is 19.0. The fourth-order valence-corrected chi connectivity index (χ4v) is 1.80. The number of nitrogens with one attached hydrogen (secondary N) is 1. The van der Waals surface area contributed by atoms with Gasteiger partial charge in [-0.1, -0.05) is 24.3 Å². The zero-order chi connectivity index (χ0) is 13.8. The molecular weight excluding hydrogens is 264 g/mol. The van der Waals surface area contributed by atoms with Crippen LogP contribution in [-0.2, 0) is 6.54 Å². The lowest BCUT2D eigenvalue weighted by atomic mass is 10.1. The van der Waals surface area contributed by atoms with E-state index < -0.39 is 5.91 Å². The van der Waals surface area contributed by atoms with Gasteiger partial charge in [0.1, 0.15) is 5.82 Å². The van der Waals surface area contributed by atoms with E-state index in [1.54, 1.807) is 0 Å². The third kappa shape index (κ3) is 3.20. The van der Waals surface area contributed by atoms with Gasteiger partial charge in [0, 0.05) is 12.7 Å². The predicted molar refractivity (Wildman–Crippen MR) is 74.1 cm³/mol. The minimum absolute atomic E-state index is 0.0669. The Hall–Kier alpha value is -2.14. The Morgan fingerprint density at radius 1 is 1.42 bits per heavy atom. The molecule has 0 radical (unpaired) electrons. The van der Waals surface area contributed by atoms with E-state index in [-0.39, 0.29) is 10.8 Å². The highest BCUT2D eigenvalue weighted by atomic mass is 35.5. The first-order valence-electron chi connectivity index (χ1n) is 5.68. The maximum Gasteiger partial charge on any atom is 0.254 e. The van der Waals surface area contributed by atoms with Crippen molar-refractivity contribution in [3.05, 3.63) is 52.4 Å². The second kappa shape index (κ2) is 5.67. The van der Waals surface area contributed by atoms with Gasteiger partial charge in [-0.05, 0) is 29.7 Å². The van der Waals surface area contributed by atoms with Crippen LogP contribution >= 0.6 is 11.6 Å². The molecule has 1 aromatic heterocycles. The van der Waals surface area contributed by atoms with Crippen molar-refractivity contribution in [2.45, 2.75) is 13.5 Å². The Kier molecular flexibility index (Phi) is 3.97. The Balaban J connectivity index is 2.22. The lowest BCUT2D eigenvalue weighted by Gasteiger charge is -2.10. The van der Waals surface area contributed by atoms with E-state index in [2.05, 4.69) is 15.3 Å². The first kappa shape index (κ1) is 13.3. The first-order valence-corrected chi connectivity index (χ1v) is 6.06. The molecule has 5 nitrogen and oxygen atoms in total. The number of carbonyl (C=O) groups is 1. The van der Waals surface area contributed by atoms with Crippen LogP contribution in [0.25, 0.3) is 0 Å². The fourth-order valence-electron chi connectivity index (χ4n) is 1.66. The number of carbonyl (C=O) groups excluding carboxylic acids is 1. The van der Waals surface area contributed by atoms with Crippen LogP contribution in [0.1, 0.15) is 21.5 Å². The molecule has 1 aromatic carbocycles. The lowest BCUT2D eigenvalue weighted by Crippen LogP contribution is -2.16. The largest absolute Gasteiger partial charge is 0.365 e. The number of rotatable bonds is 4. The van der Waals surface area contributed by atoms with Crippen LogP contribution in [0.4, 0.5) is 5.82 Å². The number of benzene rings is 1. The monoisotopic (exact) mass is 276 g/mol. The van der Waals surface area contributed by atoms with Gasteiger partial charge in [-0.2, -0.15) is 4.98 Å². The van der Waals surface area contributed by atoms with E-state index in [0.717, 1.165) is 11.1 Å². The molecule has 0 saturated carbocycles. The summed E-state index contributed by atoms with van der Waals surface area (Å²) in [5, 5.41) is 3.12. The molecule has 98 valence electrons. The molecular formula is C13H13ClN4O. The summed E-state index contributed by atoms with van der Waals surface area (Å²) in [6.45, 7) is 2.54. The molecule has 0 saturated heterocycles. The summed E-state index contributed by atoms with van der Waals surface area (Å²) in [5.41, 5.74) is 7.74. The average molecular weight is 277 g/mol. The second-order valence-corrected chi connectivity index (χ2v) is 4.38. The molecule has 0 unspecified atom stereocenters. The number of hydrogen-bond donors (Lipinski definition) is 2. The van der Waals surface area contributed by atoms with Crippen LogP contribution in [-0.4, -0.2) is 15.9 Å². The minimum atomic E-state index is -0.594. The molecule has 0 spiro atoms. The van der Waals surface area contributed by atoms with Gasteiger partial charge in [0.2, 0.25) is 5.28 Å². The van der Waals surface area contributed by atoms with Crippen LogP contribution in [0.15, 0.2) is 30.5 Å². The van der Waals surface area contributed by atoms with Crippen LogP contribution in [0.2, 0.25) is 5.28 Å². The molecule has 0 aliphatic heterocycles. The van der Waals surface area contributed by atoms with Gasteiger partial charge in [0.05, 0.1) is 5.56 Å². The Labute approximate surface area is 115 Å².